The van der Waals surface area contributed by atoms with Crippen molar-refractivity contribution in [3.05, 3.63) is 68.7 Å². The van der Waals surface area contributed by atoms with Crippen molar-refractivity contribution in [3.8, 4) is 11.5 Å². The van der Waals surface area contributed by atoms with Crippen molar-refractivity contribution >= 4 is 34.5 Å². The molecule has 0 radical (unpaired) electrons. The first-order valence-electron chi connectivity index (χ1n) is 10.7. The normalized spacial score (nSPS) is 13.2. The van der Waals surface area contributed by atoms with Gasteiger partial charge in [-0.05, 0) is 74.7 Å². The summed E-state index contributed by atoms with van der Waals surface area (Å²) in [6.45, 7) is 8.26. The number of thiophene rings is 1. The summed E-state index contributed by atoms with van der Waals surface area (Å²) in [4.78, 5) is 29.9. The number of nitrogens with one attached hydrogen (secondary N) is 1. The van der Waals surface area contributed by atoms with Crippen LogP contribution < -0.4 is 15.0 Å². The van der Waals surface area contributed by atoms with Crippen molar-refractivity contribution in [1.29, 1.82) is 0 Å². The summed E-state index contributed by atoms with van der Waals surface area (Å²) in [5.41, 5.74) is 3.84. The Hall–Kier alpha value is -3.39. The highest BCUT2D eigenvalue weighted by Crippen LogP contribution is 2.44. The number of rotatable bonds is 5. The summed E-state index contributed by atoms with van der Waals surface area (Å²) < 4.78 is 20.1. The summed E-state index contributed by atoms with van der Waals surface area (Å²) in [7, 11) is 1.73. The molecule has 1 aromatic heterocycles. The van der Waals surface area contributed by atoms with E-state index in [2.05, 4.69) is 5.32 Å². The molecule has 0 spiro atoms. The van der Waals surface area contributed by atoms with Crippen LogP contribution in [0.2, 0.25) is 0 Å². The number of halogens is 1. The summed E-state index contributed by atoms with van der Waals surface area (Å²) in [6, 6.07) is 10.5. The van der Waals surface area contributed by atoms with Gasteiger partial charge in [-0.1, -0.05) is 6.07 Å². The Labute approximate surface area is 196 Å². The Kier molecular flexibility index (Phi) is 6.12. The van der Waals surface area contributed by atoms with Gasteiger partial charge in [0, 0.05) is 13.6 Å². The molecule has 2 amide bonds. The number of ether oxygens (including phenoxy) is 1. The lowest BCUT2D eigenvalue weighted by molar-refractivity contribution is 0.0792. The predicted molar refractivity (Wildman–Crippen MR) is 129 cm³/mol. The molecule has 0 aliphatic carbocycles. The molecular formula is C25H26FN3O3S. The molecule has 2 heterocycles. The number of hydrogen-bond donors (Lipinski definition) is 1. The molecule has 0 atom stereocenters. The predicted octanol–water partition coefficient (Wildman–Crippen LogP) is 5.54. The molecule has 8 heteroatoms. The van der Waals surface area contributed by atoms with E-state index in [0.717, 1.165) is 11.3 Å². The van der Waals surface area contributed by atoms with Gasteiger partial charge >= 0.3 is 0 Å². The van der Waals surface area contributed by atoms with Crippen LogP contribution in [-0.4, -0.2) is 37.0 Å². The molecule has 1 aliphatic rings. The van der Waals surface area contributed by atoms with Gasteiger partial charge in [-0.15, -0.1) is 11.3 Å². The van der Waals surface area contributed by atoms with E-state index in [0.29, 0.717) is 51.3 Å². The van der Waals surface area contributed by atoms with E-state index in [4.69, 9.17) is 4.74 Å². The maximum Gasteiger partial charge on any atom is 0.267 e. The molecule has 33 heavy (non-hydrogen) atoms. The minimum Gasteiger partial charge on any atom is -0.455 e. The van der Waals surface area contributed by atoms with Crippen LogP contribution in [0, 0.1) is 26.6 Å². The molecule has 6 nitrogen and oxygen atoms in total. The zero-order valence-electron chi connectivity index (χ0n) is 19.3. The number of amides is 2. The molecule has 1 aliphatic heterocycles. The van der Waals surface area contributed by atoms with Crippen LogP contribution in [0.25, 0.3) is 0 Å². The number of nitrogens with zero attached hydrogens (tertiary/aromatic N) is 2. The third-order valence-electron chi connectivity index (χ3n) is 5.50. The smallest absolute Gasteiger partial charge is 0.267 e. The van der Waals surface area contributed by atoms with Gasteiger partial charge in [-0.2, -0.15) is 0 Å². The van der Waals surface area contributed by atoms with Gasteiger partial charge in [0.15, 0.2) is 5.75 Å². The Morgan fingerprint density at radius 1 is 1.12 bits per heavy atom. The summed E-state index contributed by atoms with van der Waals surface area (Å²) >= 11 is 1.19. The second-order valence-electron chi connectivity index (χ2n) is 8.20. The van der Waals surface area contributed by atoms with Gasteiger partial charge in [0.2, 0.25) is 0 Å². The lowest BCUT2D eigenvalue weighted by Gasteiger charge is -2.35. The van der Waals surface area contributed by atoms with E-state index in [1.165, 1.54) is 23.5 Å². The zero-order chi connectivity index (χ0) is 23.9. The highest BCUT2D eigenvalue weighted by atomic mass is 32.1. The average Bonchev–Trinajstić information content (AvgIpc) is 3.20. The van der Waals surface area contributed by atoms with Gasteiger partial charge in [-0.25, -0.2) is 4.39 Å². The molecule has 0 unspecified atom stereocenters. The molecule has 0 saturated heterocycles. The summed E-state index contributed by atoms with van der Waals surface area (Å²) in [5.74, 6) is 0.542. The zero-order valence-corrected chi connectivity index (χ0v) is 20.1. The third-order valence-corrected chi connectivity index (χ3v) is 6.61. The third kappa shape index (κ3) is 4.30. The van der Waals surface area contributed by atoms with Crippen LogP contribution in [-0.2, 0) is 0 Å². The van der Waals surface area contributed by atoms with Crippen molar-refractivity contribution in [3.63, 3.8) is 0 Å². The number of carbonyl (C=O) groups is 2. The number of hydrogen-bond acceptors (Lipinski definition) is 5. The fourth-order valence-electron chi connectivity index (χ4n) is 3.92. The summed E-state index contributed by atoms with van der Waals surface area (Å²) in [5, 5.41) is 2.79. The molecule has 172 valence electrons. The molecule has 0 fully saturated rings. The van der Waals surface area contributed by atoms with Gasteiger partial charge in [-0.3, -0.25) is 9.59 Å². The first-order chi connectivity index (χ1) is 15.7. The number of carbonyl (C=O) groups excluding carboxylic acids is 2. The highest BCUT2D eigenvalue weighted by Gasteiger charge is 2.33. The fraction of sp³-hybridized carbons (Fsp3) is 0.280. The van der Waals surface area contributed by atoms with Crippen LogP contribution in [0.4, 0.5) is 15.8 Å². The van der Waals surface area contributed by atoms with Crippen molar-refractivity contribution < 1.29 is 18.7 Å². The van der Waals surface area contributed by atoms with E-state index < -0.39 is 0 Å². The molecule has 4 rings (SSSR count). The highest BCUT2D eigenvalue weighted by molar-refractivity contribution is 7.16. The van der Waals surface area contributed by atoms with Gasteiger partial charge < -0.3 is 19.9 Å². The van der Waals surface area contributed by atoms with E-state index in [1.807, 2.05) is 50.8 Å². The number of aryl methyl sites for hydroxylation is 3. The molecule has 2 aromatic carbocycles. The van der Waals surface area contributed by atoms with E-state index in [9.17, 15) is 14.0 Å². The second kappa shape index (κ2) is 8.86. The lowest BCUT2D eigenvalue weighted by atomic mass is 10.1. The largest absolute Gasteiger partial charge is 0.455 e. The van der Waals surface area contributed by atoms with E-state index in [-0.39, 0.29) is 17.6 Å². The molecule has 0 saturated carbocycles. The molecule has 0 bridgehead atoms. The minimum absolute atomic E-state index is 0.123. The minimum atomic E-state index is -0.307. The monoisotopic (exact) mass is 467 g/mol. The first-order valence-corrected chi connectivity index (χ1v) is 11.5. The van der Waals surface area contributed by atoms with Crippen LogP contribution in [0.1, 0.15) is 43.0 Å². The van der Waals surface area contributed by atoms with Crippen molar-refractivity contribution in [1.82, 2.24) is 10.2 Å². The maximum absolute atomic E-state index is 13.8. The lowest BCUT2D eigenvalue weighted by Crippen LogP contribution is -2.41. The van der Waals surface area contributed by atoms with Gasteiger partial charge in [0.1, 0.15) is 16.4 Å². The Balaban J connectivity index is 1.82. The SMILES string of the molecule is CCNC(=O)c1cc2c(s1)C(=O)N(C)CN2c1cc(C)ccc1Oc1c(C)cc(F)cc1C. The molecular weight excluding hydrogens is 441 g/mol. The Bertz CT molecular complexity index is 1230. The first kappa shape index (κ1) is 22.8. The van der Waals surface area contributed by atoms with Crippen LogP contribution in [0.3, 0.4) is 0 Å². The van der Waals surface area contributed by atoms with Crippen LogP contribution in [0.15, 0.2) is 36.4 Å². The number of fused-ring (bicyclic) bond motifs is 1. The van der Waals surface area contributed by atoms with Gasteiger partial charge in [0.05, 0.1) is 22.9 Å². The summed E-state index contributed by atoms with van der Waals surface area (Å²) in [6.07, 6.45) is 0. The van der Waals surface area contributed by atoms with E-state index in [1.54, 1.807) is 18.0 Å². The van der Waals surface area contributed by atoms with Gasteiger partial charge in [0.25, 0.3) is 11.8 Å². The van der Waals surface area contributed by atoms with Crippen molar-refractivity contribution in [2.45, 2.75) is 27.7 Å². The average molecular weight is 468 g/mol. The maximum atomic E-state index is 13.8. The standard InChI is InChI=1S/C25H26FN3O3S/c1-6-27-24(30)21-12-19-23(33-21)25(31)28(5)13-29(19)18-9-14(2)7-8-20(18)32-22-15(3)10-17(26)11-16(22)4/h7-12H,6,13H2,1-5H3,(H,27,30). The Morgan fingerprint density at radius 3 is 2.48 bits per heavy atom. The van der Waals surface area contributed by atoms with E-state index >= 15 is 0 Å². The number of benzene rings is 2. The second-order valence-corrected chi connectivity index (χ2v) is 9.25. The quantitative estimate of drug-likeness (QED) is 0.536. The van der Waals surface area contributed by atoms with Crippen molar-refractivity contribution in [2.75, 3.05) is 25.2 Å². The fourth-order valence-corrected chi connectivity index (χ4v) is 4.99. The van der Waals surface area contributed by atoms with Crippen LogP contribution >= 0.6 is 11.3 Å². The Morgan fingerprint density at radius 2 is 1.82 bits per heavy atom. The van der Waals surface area contributed by atoms with Crippen molar-refractivity contribution in [2.24, 2.45) is 0 Å². The van der Waals surface area contributed by atoms with Crippen LogP contribution in [0.5, 0.6) is 11.5 Å². The number of anilines is 2. The topological polar surface area (TPSA) is 61.9 Å². The molecule has 1 N–H and O–H groups in total. The molecule has 3 aromatic rings.